The van der Waals surface area contributed by atoms with Gasteiger partial charge in [0.2, 0.25) is 0 Å². The van der Waals surface area contributed by atoms with Crippen LogP contribution in [0.2, 0.25) is 0 Å². The van der Waals surface area contributed by atoms with E-state index in [4.69, 9.17) is 6.42 Å². The molecule has 0 amide bonds. The largest absolute Gasteiger partial charge is 0.388 e. The second-order valence-electron chi connectivity index (χ2n) is 5.12. The van der Waals surface area contributed by atoms with Crippen molar-refractivity contribution in [1.82, 2.24) is 9.78 Å². The molecular formula is C13H20N2O. The molecule has 0 radical (unpaired) electrons. The van der Waals surface area contributed by atoms with Crippen LogP contribution in [0.3, 0.4) is 0 Å². The monoisotopic (exact) mass is 220 g/mol. The number of hydrogen-bond acceptors (Lipinski definition) is 2. The number of aliphatic hydroxyl groups is 1. The SMILES string of the molecule is C#CCCC(O)c1cn(C)nc1C(C)(C)C. The molecule has 3 nitrogen and oxygen atoms in total. The van der Waals surface area contributed by atoms with Crippen LogP contribution in [0.4, 0.5) is 0 Å². The van der Waals surface area contributed by atoms with Crippen molar-refractivity contribution in [2.75, 3.05) is 0 Å². The van der Waals surface area contributed by atoms with E-state index in [0.717, 1.165) is 11.3 Å². The topological polar surface area (TPSA) is 38.0 Å². The normalized spacial score (nSPS) is 13.5. The summed E-state index contributed by atoms with van der Waals surface area (Å²) in [6, 6.07) is 0. The van der Waals surface area contributed by atoms with Crippen LogP contribution >= 0.6 is 0 Å². The van der Waals surface area contributed by atoms with Crippen LogP contribution < -0.4 is 0 Å². The molecule has 88 valence electrons. The van der Waals surface area contributed by atoms with Gasteiger partial charge in [-0.15, -0.1) is 12.3 Å². The first-order valence-electron chi connectivity index (χ1n) is 5.52. The van der Waals surface area contributed by atoms with Crippen molar-refractivity contribution in [2.45, 2.75) is 45.1 Å². The number of hydrogen-bond donors (Lipinski definition) is 1. The molecule has 0 bridgehead atoms. The Morgan fingerprint density at radius 3 is 2.69 bits per heavy atom. The molecule has 0 aliphatic rings. The smallest absolute Gasteiger partial charge is 0.0832 e. The van der Waals surface area contributed by atoms with Gasteiger partial charge in [0.1, 0.15) is 0 Å². The Balaban J connectivity index is 3.00. The van der Waals surface area contributed by atoms with E-state index in [1.54, 1.807) is 4.68 Å². The molecular weight excluding hydrogens is 200 g/mol. The van der Waals surface area contributed by atoms with Gasteiger partial charge in [0, 0.05) is 30.6 Å². The number of aliphatic hydroxyl groups excluding tert-OH is 1. The van der Waals surface area contributed by atoms with E-state index in [0.29, 0.717) is 12.8 Å². The van der Waals surface area contributed by atoms with E-state index in [1.165, 1.54) is 0 Å². The summed E-state index contributed by atoms with van der Waals surface area (Å²) in [5.41, 5.74) is 1.78. The van der Waals surface area contributed by atoms with E-state index in [1.807, 2.05) is 13.2 Å². The molecule has 1 heterocycles. The fourth-order valence-corrected chi connectivity index (χ4v) is 1.71. The molecule has 0 saturated carbocycles. The number of nitrogens with zero attached hydrogens (tertiary/aromatic N) is 2. The average molecular weight is 220 g/mol. The van der Waals surface area contributed by atoms with Crippen LogP contribution in [0.1, 0.15) is 51.0 Å². The van der Waals surface area contributed by atoms with Gasteiger partial charge in [0.05, 0.1) is 11.8 Å². The van der Waals surface area contributed by atoms with Crippen LogP contribution in [0.15, 0.2) is 6.20 Å². The highest BCUT2D eigenvalue weighted by Gasteiger charge is 2.25. The summed E-state index contributed by atoms with van der Waals surface area (Å²) in [5.74, 6) is 2.55. The number of aromatic nitrogens is 2. The van der Waals surface area contributed by atoms with Gasteiger partial charge < -0.3 is 5.11 Å². The van der Waals surface area contributed by atoms with Crippen molar-refractivity contribution in [3.63, 3.8) is 0 Å². The lowest BCUT2D eigenvalue weighted by Gasteiger charge is -2.19. The number of terminal acetylenes is 1. The van der Waals surface area contributed by atoms with Crippen molar-refractivity contribution < 1.29 is 5.11 Å². The minimum Gasteiger partial charge on any atom is -0.388 e. The van der Waals surface area contributed by atoms with Gasteiger partial charge in [0.15, 0.2) is 0 Å². The van der Waals surface area contributed by atoms with Crippen molar-refractivity contribution in [3.8, 4) is 12.3 Å². The zero-order valence-corrected chi connectivity index (χ0v) is 10.5. The highest BCUT2D eigenvalue weighted by Crippen LogP contribution is 2.30. The molecule has 0 aromatic carbocycles. The van der Waals surface area contributed by atoms with Gasteiger partial charge in [0.25, 0.3) is 0 Å². The lowest BCUT2D eigenvalue weighted by atomic mass is 9.87. The van der Waals surface area contributed by atoms with Crippen LogP contribution in [0, 0.1) is 12.3 Å². The predicted molar refractivity (Wildman–Crippen MR) is 64.9 cm³/mol. The molecule has 0 saturated heterocycles. The summed E-state index contributed by atoms with van der Waals surface area (Å²) in [6.07, 6.45) is 7.74. The molecule has 1 aromatic rings. The van der Waals surface area contributed by atoms with Crippen molar-refractivity contribution in [1.29, 1.82) is 0 Å². The van der Waals surface area contributed by atoms with Gasteiger partial charge in [-0.25, -0.2) is 0 Å². The summed E-state index contributed by atoms with van der Waals surface area (Å²) >= 11 is 0. The summed E-state index contributed by atoms with van der Waals surface area (Å²) in [7, 11) is 1.87. The second-order valence-corrected chi connectivity index (χ2v) is 5.12. The third-order valence-electron chi connectivity index (χ3n) is 2.49. The molecule has 1 unspecified atom stereocenters. The van der Waals surface area contributed by atoms with E-state index in [9.17, 15) is 5.11 Å². The third-order valence-corrected chi connectivity index (χ3v) is 2.49. The summed E-state index contributed by atoms with van der Waals surface area (Å²) in [5, 5.41) is 14.5. The Labute approximate surface area is 97.5 Å². The van der Waals surface area contributed by atoms with Crippen molar-refractivity contribution in [2.24, 2.45) is 7.05 Å². The van der Waals surface area contributed by atoms with Gasteiger partial charge in [-0.3, -0.25) is 4.68 Å². The fourth-order valence-electron chi connectivity index (χ4n) is 1.71. The first-order chi connectivity index (χ1) is 7.36. The highest BCUT2D eigenvalue weighted by molar-refractivity contribution is 5.26. The Morgan fingerprint density at radius 1 is 1.56 bits per heavy atom. The maximum Gasteiger partial charge on any atom is 0.0832 e. The second kappa shape index (κ2) is 4.71. The zero-order valence-electron chi connectivity index (χ0n) is 10.5. The molecule has 1 rings (SSSR count). The maximum atomic E-state index is 10.1. The Kier molecular flexibility index (Phi) is 3.77. The molecule has 1 aromatic heterocycles. The van der Waals surface area contributed by atoms with Crippen LogP contribution in [-0.4, -0.2) is 14.9 Å². The summed E-state index contributed by atoms with van der Waals surface area (Å²) in [4.78, 5) is 0. The molecule has 0 fully saturated rings. The van der Waals surface area contributed by atoms with Gasteiger partial charge in [-0.05, 0) is 6.42 Å². The molecule has 1 N–H and O–H groups in total. The van der Waals surface area contributed by atoms with Gasteiger partial charge >= 0.3 is 0 Å². The van der Waals surface area contributed by atoms with E-state index in [2.05, 4.69) is 31.8 Å². The van der Waals surface area contributed by atoms with Gasteiger partial charge in [-0.2, -0.15) is 5.10 Å². The highest BCUT2D eigenvalue weighted by atomic mass is 16.3. The predicted octanol–water partition coefficient (Wildman–Crippen LogP) is 2.16. The van der Waals surface area contributed by atoms with Crippen molar-refractivity contribution in [3.05, 3.63) is 17.5 Å². The summed E-state index contributed by atoms with van der Waals surface area (Å²) in [6.45, 7) is 6.27. The molecule has 0 spiro atoms. The Bertz CT molecular complexity index is 393. The lowest BCUT2D eigenvalue weighted by molar-refractivity contribution is 0.167. The van der Waals surface area contributed by atoms with Crippen LogP contribution in [0.25, 0.3) is 0 Å². The molecule has 0 aliphatic heterocycles. The first-order valence-corrected chi connectivity index (χ1v) is 5.52. The lowest BCUT2D eigenvalue weighted by Crippen LogP contribution is -2.16. The standard InChI is InChI=1S/C13H20N2O/c1-6-7-8-11(16)10-9-15(5)14-12(10)13(2,3)4/h1,9,11,16H,7-8H2,2-5H3. The maximum absolute atomic E-state index is 10.1. The fraction of sp³-hybridized carbons (Fsp3) is 0.615. The number of aryl methyl sites for hydroxylation is 1. The first kappa shape index (κ1) is 12.8. The van der Waals surface area contributed by atoms with E-state index >= 15 is 0 Å². The molecule has 0 aliphatic carbocycles. The molecule has 3 heteroatoms. The van der Waals surface area contributed by atoms with Crippen LogP contribution in [0.5, 0.6) is 0 Å². The van der Waals surface area contributed by atoms with E-state index < -0.39 is 6.10 Å². The number of rotatable bonds is 3. The minimum atomic E-state index is -0.515. The van der Waals surface area contributed by atoms with Crippen LogP contribution in [-0.2, 0) is 12.5 Å². The van der Waals surface area contributed by atoms with E-state index in [-0.39, 0.29) is 5.41 Å². The third kappa shape index (κ3) is 2.86. The minimum absolute atomic E-state index is 0.0618. The zero-order chi connectivity index (χ0) is 12.3. The average Bonchev–Trinajstić information content (AvgIpc) is 2.56. The van der Waals surface area contributed by atoms with Crippen molar-refractivity contribution >= 4 is 0 Å². The Morgan fingerprint density at radius 2 is 2.19 bits per heavy atom. The quantitative estimate of drug-likeness (QED) is 0.793. The Hall–Kier alpha value is -1.27. The molecule has 16 heavy (non-hydrogen) atoms. The van der Waals surface area contributed by atoms with Gasteiger partial charge in [-0.1, -0.05) is 20.8 Å². The molecule has 1 atom stereocenters. The summed E-state index contributed by atoms with van der Waals surface area (Å²) < 4.78 is 1.75.